The third kappa shape index (κ3) is 4.30. The Labute approximate surface area is 155 Å². The van der Waals surface area contributed by atoms with Gasteiger partial charge in [-0.05, 0) is 54.3 Å². The highest BCUT2D eigenvalue weighted by molar-refractivity contribution is 6.06. The number of benzene rings is 2. The van der Waals surface area contributed by atoms with Crippen molar-refractivity contribution in [1.29, 1.82) is 0 Å². The number of anilines is 1. The van der Waals surface area contributed by atoms with Crippen LogP contribution in [-0.2, 0) is 23.9 Å². The second-order valence-electron chi connectivity index (χ2n) is 6.51. The Bertz CT molecular complexity index is 861. The number of carbonyl (C=O) groups is 2. The molecule has 0 unspecified atom stereocenters. The van der Waals surface area contributed by atoms with Crippen LogP contribution >= 0.6 is 0 Å². The molecule has 0 saturated carbocycles. The van der Waals surface area contributed by atoms with Gasteiger partial charge in [0.2, 0.25) is 5.91 Å². The van der Waals surface area contributed by atoms with E-state index in [0.717, 1.165) is 17.7 Å². The number of rotatable bonds is 3. The first kappa shape index (κ1) is 18.9. The van der Waals surface area contributed by atoms with Crippen molar-refractivity contribution in [1.82, 2.24) is 5.32 Å². The number of aryl methyl sites for hydroxylation is 1. The van der Waals surface area contributed by atoms with Crippen LogP contribution in [0, 0.1) is 0 Å². The number of fused-ring (bicyclic) bond motifs is 1. The van der Waals surface area contributed by atoms with Gasteiger partial charge in [-0.2, -0.15) is 13.2 Å². The van der Waals surface area contributed by atoms with Crippen molar-refractivity contribution in [3.05, 3.63) is 64.7 Å². The summed E-state index contributed by atoms with van der Waals surface area (Å²) in [7, 11) is 0. The minimum Gasteiger partial charge on any atom is -0.352 e. The van der Waals surface area contributed by atoms with Crippen LogP contribution in [0.1, 0.15) is 40.4 Å². The third-order valence-corrected chi connectivity index (χ3v) is 4.51. The van der Waals surface area contributed by atoms with Crippen LogP contribution in [0.4, 0.5) is 18.9 Å². The quantitative estimate of drug-likeness (QED) is 0.882. The maximum atomic E-state index is 12.9. The molecule has 4 nitrogen and oxygen atoms in total. The lowest BCUT2D eigenvalue weighted by atomic mass is 9.98. The topological polar surface area (TPSA) is 49.4 Å². The van der Waals surface area contributed by atoms with Gasteiger partial charge in [-0.25, -0.2) is 0 Å². The molecule has 1 N–H and O–H groups in total. The number of halogens is 3. The van der Waals surface area contributed by atoms with E-state index in [-0.39, 0.29) is 11.8 Å². The summed E-state index contributed by atoms with van der Waals surface area (Å²) >= 11 is 0. The molecule has 0 saturated heterocycles. The molecule has 27 heavy (non-hydrogen) atoms. The van der Waals surface area contributed by atoms with Crippen LogP contribution in [0.2, 0.25) is 0 Å². The molecule has 3 rings (SSSR count). The van der Waals surface area contributed by atoms with Gasteiger partial charge in [0, 0.05) is 31.3 Å². The zero-order valence-electron chi connectivity index (χ0n) is 14.8. The van der Waals surface area contributed by atoms with Gasteiger partial charge < -0.3 is 10.2 Å². The minimum atomic E-state index is -4.40. The number of amides is 2. The molecular weight excluding hydrogens is 357 g/mol. The normalized spacial score (nSPS) is 13.9. The maximum absolute atomic E-state index is 12.9. The number of nitrogens with zero attached hydrogens (tertiary/aromatic N) is 1. The molecule has 2 aromatic carbocycles. The van der Waals surface area contributed by atoms with Gasteiger partial charge in [-0.15, -0.1) is 0 Å². The molecule has 0 aromatic heterocycles. The molecule has 0 bridgehead atoms. The van der Waals surface area contributed by atoms with Gasteiger partial charge in [0.1, 0.15) is 0 Å². The Balaban J connectivity index is 1.81. The van der Waals surface area contributed by atoms with E-state index in [2.05, 4.69) is 5.32 Å². The Morgan fingerprint density at radius 1 is 1.11 bits per heavy atom. The number of hydrogen-bond donors (Lipinski definition) is 1. The Kier molecular flexibility index (Phi) is 5.21. The second kappa shape index (κ2) is 7.42. The van der Waals surface area contributed by atoms with Crippen molar-refractivity contribution in [3.8, 4) is 0 Å². The molecule has 142 valence electrons. The van der Waals surface area contributed by atoms with E-state index in [0.29, 0.717) is 42.7 Å². The highest BCUT2D eigenvalue weighted by Crippen LogP contribution is 2.35. The molecule has 0 fully saturated rings. The van der Waals surface area contributed by atoms with E-state index in [1.54, 1.807) is 24.3 Å². The van der Waals surface area contributed by atoms with Gasteiger partial charge in [-0.1, -0.05) is 12.1 Å². The summed E-state index contributed by atoms with van der Waals surface area (Å²) in [5.74, 6) is -0.389. The summed E-state index contributed by atoms with van der Waals surface area (Å²) in [4.78, 5) is 25.3. The standard InChI is InChI=1S/C20H19F3N2O2/c1-13(26)24-12-14-4-6-15(7-5-14)19(27)25-10-2-3-16-11-17(20(21,22)23)8-9-18(16)25/h4-9,11H,2-3,10,12H2,1H3,(H,24,26). The highest BCUT2D eigenvalue weighted by Gasteiger charge is 2.32. The number of alkyl halides is 3. The van der Waals surface area contributed by atoms with Gasteiger partial charge in [0.25, 0.3) is 5.91 Å². The molecular formula is C20H19F3N2O2. The monoisotopic (exact) mass is 376 g/mol. The van der Waals surface area contributed by atoms with Gasteiger partial charge in [0.15, 0.2) is 0 Å². The summed E-state index contributed by atoms with van der Waals surface area (Å²) in [5, 5.41) is 2.68. The lowest BCUT2D eigenvalue weighted by molar-refractivity contribution is -0.137. The smallest absolute Gasteiger partial charge is 0.352 e. The fourth-order valence-electron chi connectivity index (χ4n) is 3.13. The Hall–Kier alpha value is -2.83. The second-order valence-corrected chi connectivity index (χ2v) is 6.51. The minimum absolute atomic E-state index is 0.140. The zero-order chi connectivity index (χ0) is 19.6. The summed E-state index contributed by atoms with van der Waals surface area (Å²) in [5.41, 5.74) is 1.68. The molecule has 7 heteroatoms. The molecule has 2 aromatic rings. The van der Waals surface area contributed by atoms with Gasteiger partial charge >= 0.3 is 6.18 Å². The zero-order valence-corrected chi connectivity index (χ0v) is 14.8. The van der Waals surface area contributed by atoms with Gasteiger partial charge in [0.05, 0.1) is 5.56 Å². The van der Waals surface area contributed by atoms with Crippen molar-refractivity contribution in [2.45, 2.75) is 32.5 Å². The lowest BCUT2D eigenvalue weighted by Gasteiger charge is -2.30. The first-order valence-electron chi connectivity index (χ1n) is 8.61. The number of hydrogen-bond acceptors (Lipinski definition) is 2. The SMILES string of the molecule is CC(=O)NCc1ccc(C(=O)N2CCCc3cc(C(F)(F)F)ccc32)cc1. The van der Waals surface area contributed by atoms with E-state index in [9.17, 15) is 22.8 Å². The van der Waals surface area contributed by atoms with Crippen molar-refractivity contribution >= 4 is 17.5 Å². The predicted octanol–water partition coefficient (Wildman–Crippen LogP) is 3.93. The average molecular weight is 376 g/mol. The van der Waals surface area contributed by atoms with E-state index >= 15 is 0 Å². The fourth-order valence-corrected chi connectivity index (χ4v) is 3.13. The van der Waals surface area contributed by atoms with Crippen molar-refractivity contribution in [2.24, 2.45) is 0 Å². The van der Waals surface area contributed by atoms with Crippen molar-refractivity contribution in [2.75, 3.05) is 11.4 Å². The first-order valence-corrected chi connectivity index (χ1v) is 8.61. The van der Waals surface area contributed by atoms with Crippen LogP contribution in [0.5, 0.6) is 0 Å². The largest absolute Gasteiger partial charge is 0.416 e. The van der Waals surface area contributed by atoms with Crippen molar-refractivity contribution < 1.29 is 22.8 Å². The van der Waals surface area contributed by atoms with Crippen LogP contribution in [0.25, 0.3) is 0 Å². The molecule has 1 heterocycles. The average Bonchev–Trinajstić information content (AvgIpc) is 2.64. The summed E-state index contributed by atoms with van der Waals surface area (Å²) in [6.45, 7) is 2.26. The molecule has 0 spiro atoms. The van der Waals surface area contributed by atoms with E-state index in [1.807, 2.05) is 0 Å². The van der Waals surface area contributed by atoms with E-state index in [1.165, 1.54) is 17.9 Å². The lowest BCUT2D eigenvalue weighted by Crippen LogP contribution is -2.35. The van der Waals surface area contributed by atoms with Crippen LogP contribution in [0.15, 0.2) is 42.5 Å². The summed E-state index contributed by atoms with van der Waals surface area (Å²) in [6.07, 6.45) is -3.27. The number of carbonyl (C=O) groups excluding carboxylic acids is 2. The summed E-state index contributed by atoms with van der Waals surface area (Å²) in [6, 6.07) is 10.4. The molecule has 0 aliphatic carbocycles. The van der Waals surface area contributed by atoms with Crippen LogP contribution in [0.3, 0.4) is 0 Å². The highest BCUT2D eigenvalue weighted by atomic mass is 19.4. The summed E-state index contributed by atoms with van der Waals surface area (Å²) < 4.78 is 38.8. The number of nitrogens with one attached hydrogen (secondary N) is 1. The predicted molar refractivity (Wildman–Crippen MR) is 95.4 cm³/mol. The Morgan fingerprint density at radius 3 is 2.44 bits per heavy atom. The van der Waals surface area contributed by atoms with Crippen LogP contribution in [-0.4, -0.2) is 18.4 Å². The van der Waals surface area contributed by atoms with Crippen molar-refractivity contribution in [3.63, 3.8) is 0 Å². The maximum Gasteiger partial charge on any atom is 0.416 e. The fraction of sp³-hybridized carbons (Fsp3) is 0.300. The molecule has 0 radical (unpaired) electrons. The molecule has 1 aliphatic heterocycles. The molecule has 0 atom stereocenters. The van der Waals surface area contributed by atoms with Gasteiger partial charge in [-0.3, -0.25) is 9.59 Å². The third-order valence-electron chi connectivity index (χ3n) is 4.51. The molecule has 1 aliphatic rings. The van der Waals surface area contributed by atoms with E-state index in [4.69, 9.17) is 0 Å². The van der Waals surface area contributed by atoms with Crippen LogP contribution < -0.4 is 10.2 Å². The Morgan fingerprint density at radius 2 is 1.81 bits per heavy atom. The van der Waals surface area contributed by atoms with E-state index < -0.39 is 11.7 Å². The molecule has 2 amide bonds. The first-order chi connectivity index (χ1) is 12.8.